The van der Waals surface area contributed by atoms with Gasteiger partial charge < -0.3 is 10.6 Å². The number of rotatable bonds is 6. The summed E-state index contributed by atoms with van der Waals surface area (Å²) in [5.74, 6) is -0.203. The highest BCUT2D eigenvalue weighted by Gasteiger charge is 2.06. The summed E-state index contributed by atoms with van der Waals surface area (Å²) in [6.07, 6.45) is 2.38. The molecule has 0 atom stereocenters. The second kappa shape index (κ2) is 8.34. The number of anilines is 2. The fourth-order valence-electron chi connectivity index (χ4n) is 2.00. The molecular formula is C18H19ClN2O2. The summed E-state index contributed by atoms with van der Waals surface area (Å²) in [6.45, 7) is 2.05. The van der Waals surface area contributed by atoms with Crippen LogP contribution in [0.5, 0.6) is 0 Å². The van der Waals surface area contributed by atoms with E-state index in [4.69, 9.17) is 11.6 Å². The summed E-state index contributed by atoms with van der Waals surface area (Å²) in [6, 6.07) is 13.7. The van der Waals surface area contributed by atoms with Crippen LogP contribution in [-0.2, 0) is 4.79 Å². The molecule has 23 heavy (non-hydrogen) atoms. The van der Waals surface area contributed by atoms with Gasteiger partial charge in [0.25, 0.3) is 5.91 Å². The molecule has 0 aliphatic heterocycles. The summed E-state index contributed by atoms with van der Waals surface area (Å²) >= 11 is 5.80. The Morgan fingerprint density at radius 2 is 1.48 bits per heavy atom. The van der Waals surface area contributed by atoms with Gasteiger partial charge in [0.2, 0.25) is 5.91 Å². The quantitative estimate of drug-likeness (QED) is 0.805. The average Bonchev–Trinajstić information content (AvgIpc) is 2.55. The Bertz CT molecular complexity index is 666. The molecule has 120 valence electrons. The van der Waals surface area contributed by atoms with Gasteiger partial charge >= 0.3 is 0 Å². The minimum absolute atomic E-state index is 0.00444. The number of halogens is 1. The molecule has 0 aromatic heterocycles. The molecule has 2 aromatic carbocycles. The molecule has 0 radical (unpaired) electrons. The van der Waals surface area contributed by atoms with Crippen molar-refractivity contribution in [1.29, 1.82) is 0 Å². The first-order valence-electron chi connectivity index (χ1n) is 7.55. The lowest BCUT2D eigenvalue weighted by Gasteiger charge is -2.08. The van der Waals surface area contributed by atoms with E-state index in [1.165, 1.54) is 0 Å². The minimum Gasteiger partial charge on any atom is -0.326 e. The largest absolute Gasteiger partial charge is 0.326 e. The Morgan fingerprint density at radius 1 is 0.913 bits per heavy atom. The van der Waals surface area contributed by atoms with E-state index in [0.717, 1.165) is 18.5 Å². The molecular weight excluding hydrogens is 312 g/mol. The van der Waals surface area contributed by atoms with Crippen LogP contribution in [-0.4, -0.2) is 11.8 Å². The number of nitrogens with one attached hydrogen (secondary N) is 2. The summed E-state index contributed by atoms with van der Waals surface area (Å²) in [5.41, 5.74) is 1.92. The molecule has 0 aliphatic rings. The Balaban J connectivity index is 1.93. The standard InChI is InChI=1S/C18H19ClN2O2/c1-2-3-4-17(22)20-15-9-11-16(12-10-15)21-18(23)13-5-7-14(19)8-6-13/h5-12H,2-4H2,1H3,(H,20,22)(H,21,23). The molecule has 5 heteroatoms. The molecule has 0 heterocycles. The van der Waals surface area contributed by atoms with E-state index in [-0.39, 0.29) is 11.8 Å². The fraction of sp³-hybridized carbons (Fsp3) is 0.222. The topological polar surface area (TPSA) is 58.2 Å². The fourth-order valence-corrected chi connectivity index (χ4v) is 2.13. The molecule has 2 aromatic rings. The first-order chi connectivity index (χ1) is 11.1. The van der Waals surface area contributed by atoms with Crippen LogP contribution in [0.25, 0.3) is 0 Å². The number of hydrogen-bond donors (Lipinski definition) is 2. The van der Waals surface area contributed by atoms with Crippen LogP contribution in [0.1, 0.15) is 36.5 Å². The summed E-state index contributed by atoms with van der Waals surface area (Å²) in [7, 11) is 0. The van der Waals surface area contributed by atoms with Gasteiger partial charge in [-0.3, -0.25) is 9.59 Å². The van der Waals surface area contributed by atoms with Crippen LogP contribution >= 0.6 is 11.6 Å². The third-order valence-electron chi connectivity index (χ3n) is 3.29. The van der Waals surface area contributed by atoms with Crippen molar-refractivity contribution in [2.45, 2.75) is 26.2 Å². The van der Waals surface area contributed by atoms with Crippen molar-refractivity contribution in [2.75, 3.05) is 10.6 Å². The van der Waals surface area contributed by atoms with Gasteiger partial charge in [-0.1, -0.05) is 24.9 Å². The van der Waals surface area contributed by atoms with E-state index < -0.39 is 0 Å². The Kier molecular flexibility index (Phi) is 6.18. The lowest BCUT2D eigenvalue weighted by atomic mass is 10.2. The van der Waals surface area contributed by atoms with Crippen molar-refractivity contribution < 1.29 is 9.59 Å². The van der Waals surface area contributed by atoms with E-state index >= 15 is 0 Å². The van der Waals surface area contributed by atoms with Crippen LogP contribution in [0.2, 0.25) is 5.02 Å². The van der Waals surface area contributed by atoms with Gasteiger partial charge in [-0.25, -0.2) is 0 Å². The average molecular weight is 331 g/mol. The van der Waals surface area contributed by atoms with Crippen LogP contribution in [0.4, 0.5) is 11.4 Å². The molecule has 0 bridgehead atoms. The van der Waals surface area contributed by atoms with E-state index in [2.05, 4.69) is 10.6 Å². The lowest BCUT2D eigenvalue weighted by molar-refractivity contribution is -0.116. The maximum Gasteiger partial charge on any atom is 0.255 e. The summed E-state index contributed by atoms with van der Waals surface area (Å²) in [5, 5.41) is 6.21. The molecule has 0 spiro atoms. The maximum absolute atomic E-state index is 12.1. The van der Waals surface area contributed by atoms with Gasteiger partial charge in [0.05, 0.1) is 0 Å². The number of hydrogen-bond acceptors (Lipinski definition) is 2. The van der Waals surface area contributed by atoms with Crippen molar-refractivity contribution in [1.82, 2.24) is 0 Å². The third kappa shape index (κ3) is 5.42. The summed E-state index contributed by atoms with van der Waals surface area (Å²) in [4.78, 5) is 23.7. The third-order valence-corrected chi connectivity index (χ3v) is 3.54. The highest BCUT2D eigenvalue weighted by molar-refractivity contribution is 6.30. The predicted octanol–water partition coefficient (Wildman–Crippen LogP) is 4.72. The van der Waals surface area contributed by atoms with Gasteiger partial charge in [-0.05, 0) is 55.0 Å². The minimum atomic E-state index is -0.207. The van der Waals surface area contributed by atoms with Gasteiger partial charge in [0.1, 0.15) is 0 Å². The Labute approximate surface area is 140 Å². The van der Waals surface area contributed by atoms with Crippen molar-refractivity contribution in [3.05, 3.63) is 59.1 Å². The highest BCUT2D eigenvalue weighted by Crippen LogP contribution is 2.16. The number of carbonyl (C=O) groups is 2. The first-order valence-corrected chi connectivity index (χ1v) is 7.93. The van der Waals surface area contributed by atoms with E-state index in [1.54, 1.807) is 48.5 Å². The van der Waals surface area contributed by atoms with Crippen molar-refractivity contribution in [3.8, 4) is 0 Å². The second-order valence-corrected chi connectivity index (χ2v) is 5.63. The van der Waals surface area contributed by atoms with Gasteiger partial charge in [-0.2, -0.15) is 0 Å². The maximum atomic E-state index is 12.1. The molecule has 4 nitrogen and oxygen atoms in total. The van der Waals surface area contributed by atoms with Crippen molar-refractivity contribution >= 4 is 34.8 Å². The number of unbranched alkanes of at least 4 members (excludes halogenated alkanes) is 1. The lowest BCUT2D eigenvalue weighted by Crippen LogP contribution is -2.12. The van der Waals surface area contributed by atoms with Gasteiger partial charge in [0, 0.05) is 28.4 Å². The zero-order valence-corrected chi connectivity index (χ0v) is 13.7. The van der Waals surface area contributed by atoms with E-state index in [9.17, 15) is 9.59 Å². The van der Waals surface area contributed by atoms with E-state index in [0.29, 0.717) is 22.7 Å². The second-order valence-electron chi connectivity index (χ2n) is 5.19. The number of amides is 2. The van der Waals surface area contributed by atoms with Gasteiger partial charge in [-0.15, -0.1) is 0 Å². The van der Waals surface area contributed by atoms with Crippen LogP contribution in [0.3, 0.4) is 0 Å². The molecule has 0 aliphatic carbocycles. The van der Waals surface area contributed by atoms with Crippen LogP contribution in [0.15, 0.2) is 48.5 Å². The number of benzene rings is 2. The molecule has 0 unspecified atom stereocenters. The predicted molar refractivity (Wildman–Crippen MR) is 94.0 cm³/mol. The first kappa shape index (κ1) is 17.0. The molecule has 2 rings (SSSR count). The number of carbonyl (C=O) groups excluding carboxylic acids is 2. The smallest absolute Gasteiger partial charge is 0.255 e. The van der Waals surface area contributed by atoms with Crippen molar-refractivity contribution in [3.63, 3.8) is 0 Å². The SMILES string of the molecule is CCCCC(=O)Nc1ccc(NC(=O)c2ccc(Cl)cc2)cc1. The Hall–Kier alpha value is -2.33. The zero-order chi connectivity index (χ0) is 16.7. The van der Waals surface area contributed by atoms with Crippen molar-refractivity contribution in [2.24, 2.45) is 0 Å². The molecule has 0 saturated heterocycles. The molecule has 0 fully saturated rings. The molecule has 2 N–H and O–H groups in total. The van der Waals surface area contributed by atoms with E-state index in [1.807, 2.05) is 6.92 Å². The van der Waals surface area contributed by atoms with Crippen LogP contribution < -0.4 is 10.6 Å². The van der Waals surface area contributed by atoms with Gasteiger partial charge in [0.15, 0.2) is 0 Å². The molecule has 2 amide bonds. The monoisotopic (exact) mass is 330 g/mol. The normalized spacial score (nSPS) is 10.2. The molecule has 0 saturated carbocycles. The highest BCUT2D eigenvalue weighted by atomic mass is 35.5. The Morgan fingerprint density at radius 3 is 2.04 bits per heavy atom. The summed E-state index contributed by atoms with van der Waals surface area (Å²) < 4.78 is 0. The van der Waals surface area contributed by atoms with Crippen LogP contribution in [0, 0.1) is 0 Å². The zero-order valence-electron chi connectivity index (χ0n) is 12.9.